The molecule has 0 unspecified atom stereocenters. The number of amidine groups is 1. The van der Waals surface area contributed by atoms with Crippen molar-refractivity contribution in [3.05, 3.63) is 42.0 Å². The minimum absolute atomic E-state index is 0.223. The van der Waals surface area contributed by atoms with Gasteiger partial charge in [0, 0.05) is 34.9 Å². The van der Waals surface area contributed by atoms with Gasteiger partial charge in [0.2, 0.25) is 11.6 Å². The topological polar surface area (TPSA) is 77.7 Å². The minimum Gasteiger partial charge on any atom is -0.490 e. The van der Waals surface area contributed by atoms with E-state index in [-0.39, 0.29) is 6.03 Å². The molecule has 1 radical (unpaired) electrons. The quantitative estimate of drug-likeness (QED) is 0.0403. The predicted octanol–water partition coefficient (Wildman–Crippen LogP) is 47.0. The molecule has 823 valence electrons. The molecule has 2 amide bonds. The molecule has 0 bridgehead atoms. The average Bonchev–Trinajstić information content (AvgIpc) is 0.759. The summed E-state index contributed by atoms with van der Waals surface area (Å²) in [7, 11) is 0. The number of hydrazone groups is 1. The molecule has 142 heavy (non-hydrogen) atoms. The number of thioether (sulfide) groups is 6. The minimum atomic E-state index is -0.223. The van der Waals surface area contributed by atoms with Gasteiger partial charge in [0.05, 0.1) is 31.2 Å². The Balaban J connectivity index is 2.12. The number of ether oxygens (including phenoxy) is 3. The molecule has 0 aliphatic carbocycles. The zero-order valence-corrected chi connectivity index (χ0v) is 100. The van der Waals surface area contributed by atoms with Crippen molar-refractivity contribution in [2.45, 2.75) is 670 Å². The van der Waals surface area contributed by atoms with Crippen molar-refractivity contribution >= 4 is 93.8 Å². The predicted molar refractivity (Wildman–Crippen MR) is 646 cm³/mol. The normalized spacial score (nSPS) is 12.3. The first kappa shape index (κ1) is 132. The smallest absolute Gasteiger partial charge is 0.370 e. The lowest BCUT2D eigenvalue weighted by Crippen LogP contribution is -2.52. The maximum Gasteiger partial charge on any atom is 0.370 e. The molecule has 0 aromatic heterocycles. The summed E-state index contributed by atoms with van der Waals surface area (Å²) in [6, 6.07) is 13.8. The van der Waals surface area contributed by atoms with Crippen molar-refractivity contribution in [3.8, 4) is 17.2 Å². The molecule has 0 saturated heterocycles. The Morgan fingerprint density at radius 2 is 0.380 bits per heavy atom. The molecule has 3 aromatic carbocycles. The molecule has 3 aromatic rings. The second-order valence-electron chi connectivity index (χ2n) is 43.0. The summed E-state index contributed by atoms with van der Waals surface area (Å²) in [5, 5.41) is 9.43. The van der Waals surface area contributed by atoms with Crippen LogP contribution in [0.4, 0.5) is 16.2 Å². The van der Waals surface area contributed by atoms with E-state index in [0.717, 1.165) is 90.0 Å². The van der Waals surface area contributed by atoms with Crippen LogP contribution in [-0.4, -0.2) is 66.2 Å². The number of hydrogen-bond donors (Lipinski definition) is 0. The molecule has 0 fully saturated rings. The van der Waals surface area contributed by atoms with E-state index in [0.29, 0.717) is 42.9 Å². The van der Waals surface area contributed by atoms with Crippen LogP contribution in [0.2, 0.25) is 0 Å². The highest BCUT2D eigenvalue weighted by atomic mass is 32.2. The maximum absolute atomic E-state index is 17.2. The standard InChI is InChI=1S/C128H231N4O4S6/c1-10-19-28-37-46-55-64-73-82-91-100-134-118-109-115(110-119(135-101-92-83-74-65-56-47-38-29-20-11-2)124(118)136-102-93-84-75-66-57-48-39-30-21-12-3)127-129-131(116-111-120(137-103-94-85-76-67-58-49-40-31-22-13-4)125(141-107-98-89-80-71-62-53-44-35-26-17-8)121(112-116)138-104-95-86-77-68-59-50-41-32-23-14-5)128(133)132(130-127)117-113-122(139-105-96-87-78-69-60-51-42-33-24-15-6)126(142-108-99-90-81-72-63-54-45-36-27-18-9)123(114-117)140-106-97-88-79-70-61-52-43-34-25-16-7/h109-114H,10-108H2,1-9H3. The van der Waals surface area contributed by atoms with Gasteiger partial charge < -0.3 is 14.2 Å². The summed E-state index contributed by atoms with van der Waals surface area (Å²) in [6.45, 7) is 22.7. The molecule has 1 heterocycles. The van der Waals surface area contributed by atoms with E-state index < -0.39 is 0 Å². The number of carbonyl (C=O) groups is 1. The number of nitrogens with zero attached hydrogens (tertiary/aromatic N) is 4. The largest absolute Gasteiger partial charge is 0.490 e. The van der Waals surface area contributed by atoms with E-state index >= 15 is 4.79 Å². The Labute approximate surface area is 909 Å². The lowest BCUT2D eigenvalue weighted by molar-refractivity contribution is 0.234. The summed E-state index contributed by atoms with van der Waals surface area (Å²) in [5.41, 5.74) is 8.25. The Kier molecular flexibility index (Phi) is 93.8. The van der Waals surface area contributed by atoms with Crippen molar-refractivity contribution in [2.24, 2.45) is 5.10 Å². The SMILES string of the molecule is CCCCCCCCCCCCOc1cc(C2=NN(c3cc(SCCCCCCCCCCCC)c(SCCCCCCCCCCCC)c(SCCCCCCCCCCCC)c3)C(=O)N(c3cc(SCCCCCCCCCCCC)c(SCCCCCCCCCCCC)c(SCCCCCCCCCCCC)c3)[N]2)cc(OCCCCCCCCCCCC)c1OCCCCCCCCCCCC. The van der Waals surface area contributed by atoms with Gasteiger partial charge >= 0.3 is 6.03 Å². The van der Waals surface area contributed by atoms with Gasteiger partial charge in [-0.2, -0.15) is 10.0 Å². The van der Waals surface area contributed by atoms with E-state index in [2.05, 4.69) is 169 Å². The zero-order valence-electron chi connectivity index (χ0n) is 95.3. The zero-order chi connectivity index (χ0) is 101. The second kappa shape index (κ2) is 101. The monoisotopic (exact) mass is 2080 g/mol. The molecule has 0 atom stereocenters. The van der Waals surface area contributed by atoms with Crippen LogP contribution in [0.3, 0.4) is 0 Å². The number of amides is 2. The summed E-state index contributed by atoms with van der Waals surface area (Å²) in [4.78, 5) is 25.3. The summed E-state index contributed by atoms with van der Waals surface area (Å²) in [5.74, 6) is 9.02. The van der Waals surface area contributed by atoms with Crippen LogP contribution in [0.5, 0.6) is 17.2 Å². The van der Waals surface area contributed by atoms with Gasteiger partial charge in [-0.25, -0.2) is 4.79 Å². The second-order valence-corrected chi connectivity index (χ2v) is 49.8. The number of urea groups is 1. The number of unbranched alkanes of at least 4 members (excludes halogenated alkanes) is 81. The van der Waals surface area contributed by atoms with Crippen LogP contribution in [-0.2, 0) is 0 Å². The van der Waals surface area contributed by atoms with Crippen LogP contribution < -0.4 is 29.7 Å². The third kappa shape index (κ3) is 70.9. The van der Waals surface area contributed by atoms with Gasteiger partial charge in [0.25, 0.3) is 0 Å². The van der Waals surface area contributed by atoms with Crippen LogP contribution >= 0.6 is 70.6 Å². The first-order chi connectivity index (χ1) is 70.3. The van der Waals surface area contributed by atoms with E-state index in [1.807, 2.05) is 10.0 Å². The molecule has 1 aliphatic rings. The fraction of sp³-hybridized carbons (Fsp3) is 0.844. The molecule has 14 heteroatoms. The lowest BCUT2D eigenvalue weighted by atomic mass is 10.1. The van der Waals surface area contributed by atoms with Crippen molar-refractivity contribution in [3.63, 3.8) is 0 Å². The molecule has 0 saturated carbocycles. The molecular weight excluding hydrogens is 1850 g/mol. The van der Waals surface area contributed by atoms with Gasteiger partial charge in [-0.15, -0.1) is 81.1 Å². The Hall–Kier alpha value is -2.10. The Bertz CT molecular complexity index is 3160. The third-order valence-corrected chi connectivity index (χ3v) is 36.8. The number of hydrogen-bond acceptors (Lipinski definition) is 11. The summed E-state index contributed by atoms with van der Waals surface area (Å²) in [6.07, 6.45) is 118. The highest BCUT2D eigenvalue weighted by Gasteiger charge is 2.36. The molecule has 8 nitrogen and oxygen atoms in total. The number of benzene rings is 3. The molecule has 4 rings (SSSR count). The number of anilines is 2. The van der Waals surface area contributed by atoms with Gasteiger partial charge in [0.15, 0.2) is 11.5 Å². The van der Waals surface area contributed by atoms with E-state index in [4.69, 9.17) is 24.7 Å². The van der Waals surface area contributed by atoms with E-state index in [1.165, 1.54) is 569 Å². The average molecular weight is 2080 g/mol. The Morgan fingerprint density at radius 3 is 0.592 bits per heavy atom. The summed E-state index contributed by atoms with van der Waals surface area (Å²) >= 11 is 12.4. The van der Waals surface area contributed by atoms with Gasteiger partial charge in [-0.3, -0.25) is 0 Å². The molecule has 0 spiro atoms. The highest BCUT2D eigenvalue weighted by molar-refractivity contribution is 8.04. The highest BCUT2D eigenvalue weighted by Crippen LogP contribution is 2.48. The van der Waals surface area contributed by atoms with Crippen molar-refractivity contribution < 1.29 is 19.0 Å². The van der Waals surface area contributed by atoms with Crippen LogP contribution in [0.25, 0.3) is 0 Å². The fourth-order valence-corrected chi connectivity index (χ4v) is 27.4. The molecular formula is C128H231N4O4S6. The van der Waals surface area contributed by atoms with Gasteiger partial charge in [-0.05, 0) is 129 Å². The lowest BCUT2D eigenvalue weighted by Gasteiger charge is -2.33. The number of rotatable bonds is 111. The summed E-state index contributed by atoms with van der Waals surface area (Å²) < 4.78 is 21.8. The maximum atomic E-state index is 17.2. The Morgan fingerprint density at radius 1 is 0.204 bits per heavy atom. The number of carbonyl (C=O) groups excluding carboxylic acids is 1. The van der Waals surface area contributed by atoms with Crippen molar-refractivity contribution in [1.82, 2.24) is 5.43 Å². The first-order valence-electron chi connectivity index (χ1n) is 63.0. The van der Waals surface area contributed by atoms with Crippen LogP contribution in [0.1, 0.15) is 646 Å². The van der Waals surface area contributed by atoms with Crippen LogP contribution in [0, 0.1) is 0 Å². The van der Waals surface area contributed by atoms with Crippen molar-refractivity contribution in [2.75, 3.05) is 64.4 Å². The van der Waals surface area contributed by atoms with Crippen molar-refractivity contribution in [1.29, 1.82) is 0 Å². The molecule has 0 N–H and O–H groups in total. The molecule has 1 aliphatic heterocycles. The van der Waals surface area contributed by atoms with E-state index in [9.17, 15) is 0 Å². The van der Waals surface area contributed by atoms with Gasteiger partial charge in [0.1, 0.15) is 0 Å². The fourth-order valence-electron chi connectivity index (χ4n) is 19.9. The van der Waals surface area contributed by atoms with E-state index in [1.54, 1.807) is 0 Å². The van der Waals surface area contributed by atoms with Crippen LogP contribution in [0.15, 0.2) is 70.9 Å². The van der Waals surface area contributed by atoms with Gasteiger partial charge in [-0.1, -0.05) is 582 Å². The first-order valence-corrected chi connectivity index (χ1v) is 68.9. The third-order valence-electron chi connectivity index (χ3n) is 29.3.